The molecule has 2 rings (SSSR count). The predicted molar refractivity (Wildman–Crippen MR) is 101 cm³/mol. The van der Waals surface area contributed by atoms with Crippen LogP contribution in [-0.4, -0.2) is 42.9 Å². The van der Waals surface area contributed by atoms with E-state index in [9.17, 15) is 27.2 Å². The summed E-state index contributed by atoms with van der Waals surface area (Å²) in [5.41, 5.74) is -0.0443. The molecule has 0 aliphatic heterocycles. The molecule has 0 radical (unpaired) electrons. The van der Waals surface area contributed by atoms with Gasteiger partial charge in [-0.1, -0.05) is 17.7 Å². The zero-order valence-electron chi connectivity index (χ0n) is 16.1. The van der Waals surface area contributed by atoms with Gasteiger partial charge in [0.15, 0.2) is 0 Å². The van der Waals surface area contributed by atoms with E-state index in [0.717, 1.165) is 6.07 Å². The second-order valence-electron chi connectivity index (χ2n) is 7.38. The summed E-state index contributed by atoms with van der Waals surface area (Å²) in [5, 5.41) is 4.44. The van der Waals surface area contributed by atoms with Gasteiger partial charge in [0.25, 0.3) is 0 Å². The van der Waals surface area contributed by atoms with Crippen molar-refractivity contribution in [1.82, 2.24) is 15.5 Å². The maximum atomic E-state index is 14.6. The highest BCUT2D eigenvalue weighted by atomic mass is 35.5. The van der Waals surface area contributed by atoms with Crippen LogP contribution in [0, 0.1) is 23.5 Å². The van der Waals surface area contributed by atoms with Crippen LogP contribution in [0.2, 0.25) is 5.02 Å². The molecule has 1 fully saturated rings. The summed E-state index contributed by atoms with van der Waals surface area (Å²) in [5.74, 6) is -3.22. The summed E-state index contributed by atoms with van der Waals surface area (Å²) in [6.45, 7) is 3.95. The molecule has 0 spiro atoms. The maximum absolute atomic E-state index is 14.6. The molecule has 5 nitrogen and oxygen atoms in total. The van der Waals surface area contributed by atoms with Gasteiger partial charge >= 0.3 is 6.03 Å². The quantitative estimate of drug-likeness (QED) is 0.264. The first kappa shape index (κ1) is 23.3. The fourth-order valence-electron chi connectivity index (χ4n) is 3.47. The highest BCUT2D eigenvalue weighted by Gasteiger charge is 2.42. The van der Waals surface area contributed by atoms with E-state index in [1.807, 2.05) is 0 Å². The topological polar surface area (TPSA) is 61.4 Å². The number of halogens is 5. The van der Waals surface area contributed by atoms with Crippen LogP contribution in [0.25, 0.3) is 0 Å². The van der Waals surface area contributed by atoms with Gasteiger partial charge in [0.2, 0.25) is 12.8 Å². The molecule has 0 aromatic heterocycles. The number of carbonyl (C=O) groups excluding carboxylic acids is 2. The van der Waals surface area contributed by atoms with Crippen molar-refractivity contribution in [2.75, 3.05) is 13.1 Å². The van der Waals surface area contributed by atoms with E-state index in [0.29, 0.717) is 6.41 Å². The van der Waals surface area contributed by atoms with Gasteiger partial charge in [0, 0.05) is 30.6 Å². The lowest BCUT2D eigenvalue weighted by atomic mass is 9.69. The average molecular weight is 438 g/mol. The fraction of sp³-hybridized carbons (Fsp3) is 0.579. The van der Waals surface area contributed by atoms with Crippen LogP contribution < -0.4 is 10.6 Å². The standard InChI is InChI=1S/C19H24ClF4N3O2/c1-10(2)27(6-5-25-9-28)19(29)26-17(11-7-12(8-11)18(23)24)13-3-4-14(21)15(20)16(13)22/h3-4,9-12,17-18H,5-8H2,1-2H3,(H,25,28)(H,26,29). The van der Waals surface area contributed by atoms with Crippen LogP contribution in [0.15, 0.2) is 12.1 Å². The van der Waals surface area contributed by atoms with E-state index in [-0.39, 0.29) is 37.5 Å². The molecule has 0 heterocycles. The number of nitrogens with one attached hydrogen (secondary N) is 2. The smallest absolute Gasteiger partial charge is 0.318 e. The third kappa shape index (κ3) is 5.52. The second kappa shape index (κ2) is 10.1. The minimum atomic E-state index is -2.49. The van der Waals surface area contributed by atoms with E-state index in [1.54, 1.807) is 13.8 Å². The van der Waals surface area contributed by atoms with Crippen LogP contribution >= 0.6 is 11.6 Å². The Morgan fingerprint density at radius 2 is 1.93 bits per heavy atom. The minimum absolute atomic E-state index is 0.0443. The lowest BCUT2D eigenvalue weighted by molar-refractivity contribution is -0.109. The summed E-state index contributed by atoms with van der Waals surface area (Å²) in [7, 11) is 0. The molecule has 10 heteroatoms. The Bertz CT molecular complexity index is 730. The van der Waals surface area contributed by atoms with Crippen molar-refractivity contribution < 1.29 is 27.2 Å². The first-order valence-electron chi connectivity index (χ1n) is 9.33. The first-order valence-corrected chi connectivity index (χ1v) is 9.70. The molecule has 3 amide bonds. The molecule has 2 N–H and O–H groups in total. The van der Waals surface area contributed by atoms with Crippen LogP contribution in [0.4, 0.5) is 22.4 Å². The maximum Gasteiger partial charge on any atom is 0.318 e. The van der Waals surface area contributed by atoms with Gasteiger partial charge in [0.1, 0.15) is 16.7 Å². The number of hydrogen-bond donors (Lipinski definition) is 2. The summed E-state index contributed by atoms with van der Waals surface area (Å²) < 4.78 is 54.0. The van der Waals surface area contributed by atoms with Crippen molar-refractivity contribution in [2.45, 2.75) is 45.2 Å². The number of benzene rings is 1. The minimum Gasteiger partial charge on any atom is -0.357 e. The number of alkyl halides is 2. The third-order valence-corrected chi connectivity index (χ3v) is 5.53. The fourth-order valence-corrected chi connectivity index (χ4v) is 3.64. The molecule has 29 heavy (non-hydrogen) atoms. The normalized spacial score (nSPS) is 19.6. The Morgan fingerprint density at radius 1 is 1.28 bits per heavy atom. The van der Waals surface area contributed by atoms with E-state index in [4.69, 9.17) is 11.6 Å². The van der Waals surface area contributed by atoms with Crippen molar-refractivity contribution in [1.29, 1.82) is 0 Å². The molecule has 0 saturated heterocycles. The van der Waals surface area contributed by atoms with Gasteiger partial charge in [0.05, 0.1) is 6.04 Å². The molecular weight excluding hydrogens is 414 g/mol. The van der Waals surface area contributed by atoms with Crippen LogP contribution in [-0.2, 0) is 4.79 Å². The molecule has 1 atom stereocenters. The average Bonchev–Trinajstić information content (AvgIpc) is 2.61. The lowest BCUT2D eigenvalue weighted by Crippen LogP contribution is -2.50. The highest BCUT2D eigenvalue weighted by molar-refractivity contribution is 6.31. The van der Waals surface area contributed by atoms with Gasteiger partial charge in [-0.2, -0.15) is 0 Å². The molecule has 0 bridgehead atoms. The van der Waals surface area contributed by atoms with Gasteiger partial charge in [-0.15, -0.1) is 0 Å². The van der Waals surface area contributed by atoms with E-state index in [1.165, 1.54) is 11.0 Å². The second-order valence-corrected chi connectivity index (χ2v) is 7.75. The van der Waals surface area contributed by atoms with Crippen LogP contribution in [0.5, 0.6) is 0 Å². The first-order chi connectivity index (χ1) is 13.7. The van der Waals surface area contributed by atoms with E-state index in [2.05, 4.69) is 10.6 Å². The van der Waals surface area contributed by atoms with Gasteiger partial charge in [-0.3, -0.25) is 4.79 Å². The van der Waals surface area contributed by atoms with Crippen LogP contribution in [0.1, 0.15) is 38.3 Å². The lowest BCUT2D eigenvalue weighted by Gasteiger charge is -2.41. The summed E-state index contributed by atoms with van der Waals surface area (Å²) in [4.78, 5) is 24.7. The molecular formula is C19H24ClF4N3O2. The summed E-state index contributed by atoms with van der Waals surface area (Å²) >= 11 is 5.67. The number of hydrogen-bond acceptors (Lipinski definition) is 2. The molecule has 1 aliphatic carbocycles. The number of rotatable bonds is 9. The van der Waals surface area contributed by atoms with E-state index >= 15 is 0 Å². The Kier molecular flexibility index (Phi) is 8.13. The van der Waals surface area contributed by atoms with Crippen LogP contribution in [0.3, 0.4) is 0 Å². The van der Waals surface area contributed by atoms with Crippen molar-refractivity contribution in [3.8, 4) is 0 Å². The molecule has 1 aliphatic rings. The van der Waals surface area contributed by atoms with Gasteiger partial charge < -0.3 is 15.5 Å². The number of nitrogens with zero attached hydrogens (tertiary/aromatic N) is 1. The molecule has 1 saturated carbocycles. The Balaban J connectivity index is 2.25. The summed E-state index contributed by atoms with van der Waals surface area (Å²) in [6, 6.07) is 0.442. The summed E-state index contributed by atoms with van der Waals surface area (Å²) in [6.07, 6.45) is -1.78. The Hall–Kier alpha value is -2.03. The molecule has 1 aromatic rings. The number of urea groups is 1. The zero-order valence-corrected chi connectivity index (χ0v) is 16.9. The van der Waals surface area contributed by atoms with Crippen molar-refractivity contribution >= 4 is 24.0 Å². The SMILES string of the molecule is CC(C)N(CCNC=O)C(=O)NC(c1ccc(F)c(Cl)c1F)C1CC(C(F)F)C1. The van der Waals surface area contributed by atoms with Crippen molar-refractivity contribution in [3.63, 3.8) is 0 Å². The zero-order chi connectivity index (χ0) is 21.7. The van der Waals surface area contributed by atoms with Crippen molar-refractivity contribution in [3.05, 3.63) is 34.4 Å². The van der Waals surface area contributed by atoms with Gasteiger partial charge in [-0.05, 0) is 38.7 Å². The largest absolute Gasteiger partial charge is 0.357 e. The monoisotopic (exact) mass is 437 g/mol. The third-order valence-electron chi connectivity index (χ3n) is 5.18. The van der Waals surface area contributed by atoms with E-state index < -0.39 is 47.0 Å². The number of carbonyl (C=O) groups is 2. The highest BCUT2D eigenvalue weighted by Crippen LogP contribution is 2.46. The van der Waals surface area contributed by atoms with Crippen molar-refractivity contribution in [2.24, 2.45) is 11.8 Å². The van der Waals surface area contributed by atoms with Gasteiger partial charge in [-0.25, -0.2) is 22.4 Å². The molecule has 1 aromatic carbocycles. The Labute approximate surface area is 171 Å². The molecule has 1 unspecified atom stereocenters. The number of amides is 3. The predicted octanol–water partition coefficient (Wildman–Crippen LogP) is 4.12. The Morgan fingerprint density at radius 3 is 2.48 bits per heavy atom. The molecule has 162 valence electrons.